The molecule has 1 aromatic carbocycles. The standard InChI is InChI=1S/C10H14N2O4S/c1-7-8(10(13)14)5-4-6-9(7)11-17(15,16)12(2)3/h4-6,11H,1-3H3,(H,13,14). The molecule has 0 spiro atoms. The van der Waals surface area contributed by atoms with Crippen molar-refractivity contribution in [1.29, 1.82) is 0 Å². The monoisotopic (exact) mass is 258 g/mol. The van der Waals surface area contributed by atoms with Crippen molar-refractivity contribution in [1.82, 2.24) is 4.31 Å². The summed E-state index contributed by atoms with van der Waals surface area (Å²) in [4.78, 5) is 10.9. The molecule has 0 saturated heterocycles. The van der Waals surface area contributed by atoms with Crippen molar-refractivity contribution in [2.45, 2.75) is 6.92 Å². The van der Waals surface area contributed by atoms with E-state index in [0.29, 0.717) is 5.56 Å². The van der Waals surface area contributed by atoms with Crippen molar-refractivity contribution >= 4 is 21.9 Å². The van der Waals surface area contributed by atoms with E-state index < -0.39 is 16.2 Å². The van der Waals surface area contributed by atoms with Crippen LogP contribution < -0.4 is 4.72 Å². The van der Waals surface area contributed by atoms with Crippen molar-refractivity contribution in [2.24, 2.45) is 0 Å². The molecule has 0 bridgehead atoms. The summed E-state index contributed by atoms with van der Waals surface area (Å²) in [5, 5.41) is 8.91. The molecule has 0 unspecified atom stereocenters. The maximum absolute atomic E-state index is 11.6. The maximum atomic E-state index is 11.6. The van der Waals surface area contributed by atoms with Gasteiger partial charge in [0, 0.05) is 14.1 Å². The highest BCUT2D eigenvalue weighted by Crippen LogP contribution is 2.20. The van der Waals surface area contributed by atoms with Crippen LogP contribution in [0.5, 0.6) is 0 Å². The van der Waals surface area contributed by atoms with E-state index in [1.54, 1.807) is 6.92 Å². The first-order valence-corrected chi connectivity index (χ1v) is 6.23. The molecule has 0 aromatic heterocycles. The first kappa shape index (κ1) is 13.5. The van der Waals surface area contributed by atoms with Gasteiger partial charge in [0.2, 0.25) is 0 Å². The molecule has 0 aliphatic carbocycles. The first-order valence-electron chi connectivity index (χ1n) is 4.79. The molecule has 6 nitrogen and oxygen atoms in total. The number of rotatable bonds is 4. The van der Waals surface area contributed by atoms with E-state index in [2.05, 4.69) is 4.72 Å². The second kappa shape index (κ2) is 4.72. The predicted molar refractivity (Wildman–Crippen MR) is 64.4 cm³/mol. The van der Waals surface area contributed by atoms with E-state index >= 15 is 0 Å². The predicted octanol–water partition coefficient (Wildman–Crippen LogP) is 0.912. The van der Waals surface area contributed by atoms with Gasteiger partial charge in [-0.2, -0.15) is 12.7 Å². The van der Waals surface area contributed by atoms with Crippen LogP contribution in [0.3, 0.4) is 0 Å². The summed E-state index contributed by atoms with van der Waals surface area (Å²) in [5.74, 6) is -1.09. The van der Waals surface area contributed by atoms with Gasteiger partial charge in [-0.15, -0.1) is 0 Å². The topological polar surface area (TPSA) is 86.7 Å². The van der Waals surface area contributed by atoms with Gasteiger partial charge in [0.25, 0.3) is 0 Å². The minimum absolute atomic E-state index is 0.0731. The Hall–Kier alpha value is -1.60. The number of benzene rings is 1. The molecule has 0 amide bonds. The van der Waals surface area contributed by atoms with Gasteiger partial charge in [-0.25, -0.2) is 4.79 Å². The lowest BCUT2D eigenvalue weighted by molar-refractivity contribution is 0.0696. The molecule has 0 atom stereocenters. The summed E-state index contributed by atoms with van der Waals surface area (Å²) in [6, 6.07) is 4.43. The lowest BCUT2D eigenvalue weighted by Gasteiger charge is -2.15. The summed E-state index contributed by atoms with van der Waals surface area (Å²) in [5.41, 5.74) is 0.716. The Labute approximate surface area is 100 Å². The van der Waals surface area contributed by atoms with Gasteiger partial charge in [0.05, 0.1) is 11.3 Å². The fraction of sp³-hybridized carbons (Fsp3) is 0.300. The summed E-state index contributed by atoms with van der Waals surface area (Å²) < 4.78 is 26.5. The van der Waals surface area contributed by atoms with Crippen molar-refractivity contribution in [3.63, 3.8) is 0 Å². The molecule has 94 valence electrons. The lowest BCUT2D eigenvalue weighted by Crippen LogP contribution is -2.29. The van der Waals surface area contributed by atoms with Crippen LogP contribution in [0.4, 0.5) is 5.69 Å². The summed E-state index contributed by atoms with van der Waals surface area (Å²) in [6.07, 6.45) is 0. The van der Waals surface area contributed by atoms with Crippen LogP contribution in [0.2, 0.25) is 0 Å². The zero-order valence-electron chi connectivity index (χ0n) is 9.76. The van der Waals surface area contributed by atoms with E-state index in [1.165, 1.54) is 32.3 Å². The number of carboxylic acid groups (broad SMARTS) is 1. The number of carboxylic acids is 1. The Bertz CT molecular complexity index is 537. The Morgan fingerprint density at radius 3 is 2.41 bits per heavy atom. The Balaban J connectivity index is 3.18. The van der Waals surface area contributed by atoms with Crippen LogP contribution in [0.25, 0.3) is 0 Å². The largest absolute Gasteiger partial charge is 0.478 e. The molecule has 0 saturated carbocycles. The normalized spacial score (nSPS) is 11.5. The summed E-state index contributed by atoms with van der Waals surface area (Å²) >= 11 is 0. The van der Waals surface area contributed by atoms with Crippen molar-refractivity contribution in [3.05, 3.63) is 29.3 Å². The smallest absolute Gasteiger partial charge is 0.336 e. The van der Waals surface area contributed by atoms with E-state index in [1.807, 2.05) is 0 Å². The average Bonchev–Trinajstić information content (AvgIpc) is 2.20. The van der Waals surface area contributed by atoms with Crippen LogP contribution in [0.15, 0.2) is 18.2 Å². The minimum Gasteiger partial charge on any atom is -0.478 e. The van der Waals surface area contributed by atoms with Gasteiger partial charge in [-0.3, -0.25) is 4.72 Å². The van der Waals surface area contributed by atoms with Gasteiger partial charge < -0.3 is 5.11 Å². The fourth-order valence-corrected chi connectivity index (χ4v) is 1.89. The number of hydrogen-bond acceptors (Lipinski definition) is 3. The van der Waals surface area contributed by atoms with Gasteiger partial charge in [-0.05, 0) is 24.6 Å². The molecule has 0 radical (unpaired) electrons. The van der Waals surface area contributed by atoms with Gasteiger partial charge in [-0.1, -0.05) is 6.07 Å². The van der Waals surface area contributed by atoms with Gasteiger partial charge in [0.1, 0.15) is 0 Å². The van der Waals surface area contributed by atoms with Crippen molar-refractivity contribution in [2.75, 3.05) is 18.8 Å². The molecule has 0 fully saturated rings. The Morgan fingerprint density at radius 2 is 1.94 bits per heavy atom. The number of aromatic carboxylic acids is 1. The van der Waals surface area contributed by atoms with Crippen LogP contribution in [-0.4, -0.2) is 37.9 Å². The molecule has 1 aromatic rings. The highest BCUT2D eigenvalue weighted by atomic mass is 32.2. The van der Waals surface area contributed by atoms with Gasteiger partial charge >= 0.3 is 16.2 Å². The number of carbonyl (C=O) groups is 1. The third kappa shape index (κ3) is 2.95. The van der Waals surface area contributed by atoms with Crippen molar-refractivity contribution < 1.29 is 18.3 Å². The maximum Gasteiger partial charge on any atom is 0.336 e. The van der Waals surface area contributed by atoms with Crippen LogP contribution >= 0.6 is 0 Å². The third-order valence-electron chi connectivity index (χ3n) is 2.28. The van der Waals surface area contributed by atoms with Crippen LogP contribution in [-0.2, 0) is 10.2 Å². The zero-order chi connectivity index (χ0) is 13.2. The first-order chi connectivity index (χ1) is 7.75. The minimum atomic E-state index is -3.63. The Morgan fingerprint density at radius 1 is 1.35 bits per heavy atom. The van der Waals surface area contributed by atoms with Crippen molar-refractivity contribution in [3.8, 4) is 0 Å². The molecule has 2 N–H and O–H groups in total. The lowest BCUT2D eigenvalue weighted by atomic mass is 10.1. The number of hydrogen-bond donors (Lipinski definition) is 2. The zero-order valence-corrected chi connectivity index (χ0v) is 10.6. The highest BCUT2D eigenvalue weighted by Gasteiger charge is 2.16. The van der Waals surface area contributed by atoms with Crippen LogP contribution in [0.1, 0.15) is 15.9 Å². The molecule has 0 heterocycles. The second-order valence-electron chi connectivity index (χ2n) is 3.67. The SMILES string of the molecule is Cc1c(NS(=O)(=O)N(C)C)cccc1C(=O)O. The van der Waals surface area contributed by atoms with E-state index in [9.17, 15) is 13.2 Å². The van der Waals surface area contributed by atoms with E-state index in [-0.39, 0.29) is 11.3 Å². The second-order valence-corrected chi connectivity index (χ2v) is 5.56. The van der Waals surface area contributed by atoms with Crippen LogP contribution in [0, 0.1) is 6.92 Å². The quantitative estimate of drug-likeness (QED) is 0.840. The molecule has 17 heavy (non-hydrogen) atoms. The highest BCUT2D eigenvalue weighted by molar-refractivity contribution is 7.90. The molecule has 1 rings (SSSR count). The number of anilines is 1. The third-order valence-corrected chi connectivity index (χ3v) is 3.72. The summed E-state index contributed by atoms with van der Waals surface area (Å²) in [6.45, 7) is 1.55. The van der Waals surface area contributed by atoms with E-state index in [4.69, 9.17) is 5.11 Å². The molecule has 0 aliphatic rings. The number of nitrogens with zero attached hydrogens (tertiary/aromatic N) is 1. The molecular formula is C10H14N2O4S. The Kier molecular flexibility index (Phi) is 3.74. The fourth-order valence-electron chi connectivity index (χ4n) is 1.21. The van der Waals surface area contributed by atoms with Gasteiger partial charge in [0.15, 0.2) is 0 Å². The molecule has 7 heteroatoms. The molecule has 0 aliphatic heterocycles. The number of nitrogens with one attached hydrogen (secondary N) is 1. The average molecular weight is 258 g/mol. The summed E-state index contributed by atoms with van der Waals surface area (Å²) in [7, 11) is -0.851. The molecular weight excluding hydrogens is 244 g/mol. The van der Waals surface area contributed by atoms with E-state index in [0.717, 1.165) is 4.31 Å².